The van der Waals surface area contributed by atoms with Gasteiger partial charge in [0.2, 0.25) is 10.0 Å². The van der Waals surface area contributed by atoms with Crippen LogP contribution in [0.4, 0.5) is 0 Å². The second kappa shape index (κ2) is 5.41. The van der Waals surface area contributed by atoms with Crippen LogP contribution >= 0.6 is 0 Å². The SMILES string of the molecule is Cc1cc(CCNS(=O)(=O)c2c(C)noc2C)c(C)[nH]1. The van der Waals surface area contributed by atoms with Crippen LogP contribution in [0.15, 0.2) is 15.5 Å². The molecule has 6 nitrogen and oxygen atoms in total. The molecule has 2 heterocycles. The number of rotatable bonds is 5. The predicted octanol–water partition coefficient (Wildman–Crippen LogP) is 1.76. The van der Waals surface area contributed by atoms with Crippen LogP contribution in [0, 0.1) is 27.7 Å². The normalized spacial score (nSPS) is 12.0. The first-order valence-electron chi connectivity index (χ1n) is 6.39. The molecule has 0 aliphatic carbocycles. The molecule has 0 aliphatic heterocycles. The maximum absolute atomic E-state index is 12.2. The highest BCUT2D eigenvalue weighted by atomic mass is 32.2. The minimum Gasteiger partial charge on any atom is -0.362 e. The highest BCUT2D eigenvalue weighted by Gasteiger charge is 2.23. The Bertz CT molecular complexity index is 694. The van der Waals surface area contributed by atoms with Crippen molar-refractivity contribution >= 4 is 10.0 Å². The molecule has 2 aromatic rings. The number of aryl methyl sites for hydroxylation is 4. The van der Waals surface area contributed by atoms with Crippen LogP contribution in [-0.2, 0) is 16.4 Å². The molecule has 2 aromatic heterocycles. The summed E-state index contributed by atoms with van der Waals surface area (Å²) in [7, 11) is -3.57. The van der Waals surface area contributed by atoms with Crippen molar-refractivity contribution in [2.24, 2.45) is 0 Å². The third-order valence-corrected chi connectivity index (χ3v) is 4.88. The lowest BCUT2D eigenvalue weighted by Crippen LogP contribution is -2.26. The molecule has 7 heteroatoms. The second-order valence-corrected chi connectivity index (χ2v) is 6.61. The van der Waals surface area contributed by atoms with Crippen LogP contribution in [0.25, 0.3) is 0 Å². The van der Waals surface area contributed by atoms with Crippen molar-refractivity contribution in [3.05, 3.63) is 34.5 Å². The zero-order chi connectivity index (χ0) is 14.9. The second-order valence-electron chi connectivity index (χ2n) is 4.90. The summed E-state index contributed by atoms with van der Waals surface area (Å²) in [6, 6.07) is 2.03. The third kappa shape index (κ3) is 2.94. The van der Waals surface area contributed by atoms with Gasteiger partial charge in [-0.3, -0.25) is 0 Å². The van der Waals surface area contributed by atoms with Gasteiger partial charge in [-0.2, -0.15) is 0 Å². The summed E-state index contributed by atoms with van der Waals surface area (Å²) in [6.07, 6.45) is 0.638. The van der Waals surface area contributed by atoms with E-state index in [0.717, 1.165) is 17.0 Å². The highest BCUT2D eigenvalue weighted by Crippen LogP contribution is 2.18. The number of hydrogen-bond acceptors (Lipinski definition) is 4. The number of nitrogens with one attached hydrogen (secondary N) is 2. The Morgan fingerprint density at radius 1 is 1.30 bits per heavy atom. The van der Waals surface area contributed by atoms with E-state index < -0.39 is 10.0 Å². The number of aromatic amines is 1. The topological polar surface area (TPSA) is 88.0 Å². The molecular weight excluding hydrogens is 278 g/mol. The molecule has 0 saturated heterocycles. The van der Waals surface area contributed by atoms with E-state index in [2.05, 4.69) is 14.9 Å². The fourth-order valence-corrected chi connectivity index (χ4v) is 3.65. The first-order chi connectivity index (χ1) is 9.31. The maximum atomic E-state index is 12.2. The van der Waals surface area contributed by atoms with Crippen molar-refractivity contribution in [1.82, 2.24) is 14.9 Å². The molecule has 0 amide bonds. The number of aromatic nitrogens is 2. The number of H-pyrrole nitrogens is 1. The summed E-state index contributed by atoms with van der Waals surface area (Å²) in [6.45, 7) is 7.50. The van der Waals surface area contributed by atoms with Crippen molar-refractivity contribution in [3.8, 4) is 0 Å². The first-order valence-corrected chi connectivity index (χ1v) is 7.87. The summed E-state index contributed by atoms with van der Waals surface area (Å²) >= 11 is 0. The van der Waals surface area contributed by atoms with Crippen molar-refractivity contribution in [1.29, 1.82) is 0 Å². The molecule has 0 atom stereocenters. The molecule has 0 saturated carbocycles. The molecule has 2 N–H and O–H groups in total. The van der Waals surface area contributed by atoms with Crippen molar-refractivity contribution in [2.45, 2.75) is 39.0 Å². The Hall–Kier alpha value is -1.60. The van der Waals surface area contributed by atoms with Gasteiger partial charge in [-0.05, 0) is 45.7 Å². The summed E-state index contributed by atoms with van der Waals surface area (Å²) in [5, 5.41) is 3.67. The Morgan fingerprint density at radius 3 is 2.50 bits per heavy atom. The van der Waals surface area contributed by atoms with E-state index in [1.807, 2.05) is 19.9 Å². The fraction of sp³-hybridized carbons (Fsp3) is 0.462. The molecule has 0 aromatic carbocycles. The molecule has 20 heavy (non-hydrogen) atoms. The van der Waals surface area contributed by atoms with Gasteiger partial charge in [0.1, 0.15) is 10.6 Å². The summed E-state index contributed by atoms with van der Waals surface area (Å²) in [4.78, 5) is 3.34. The Balaban J connectivity index is 2.05. The van der Waals surface area contributed by atoms with Crippen LogP contribution in [0.2, 0.25) is 0 Å². The minimum absolute atomic E-state index is 0.138. The third-order valence-electron chi connectivity index (χ3n) is 3.18. The van der Waals surface area contributed by atoms with Crippen LogP contribution in [-0.4, -0.2) is 25.1 Å². The molecule has 0 unspecified atom stereocenters. The molecule has 2 rings (SSSR count). The average molecular weight is 297 g/mol. The molecular formula is C13H19N3O3S. The van der Waals surface area contributed by atoms with Crippen LogP contribution in [0.3, 0.4) is 0 Å². The lowest BCUT2D eigenvalue weighted by molar-refractivity contribution is 0.390. The van der Waals surface area contributed by atoms with Crippen molar-refractivity contribution in [2.75, 3.05) is 6.54 Å². The highest BCUT2D eigenvalue weighted by molar-refractivity contribution is 7.89. The maximum Gasteiger partial charge on any atom is 0.245 e. The Labute approximate surface area is 118 Å². The molecule has 110 valence electrons. The van der Waals surface area contributed by atoms with Crippen LogP contribution in [0.1, 0.15) is 28.4 Å². The van der Waals surface area contributed by atoms with Gasteiger partial charge in [0.15, 0.2) is 5.76 Å². The van der Waals surface area contributed by atoms with Crippen molar-refractivity contribution in [3.63, 3.8) is 0 Å². The molecule has 0 radical (unpaired) electrons. The minimum atomic E-state index is -3.57. The average Bonchev–Trinajstić information content (AvgIpc) is 2.82. The summed E-state index contributed by atoms with van der Waals surface area (Å²) in [5.74, 6) is 0.309. The van der Waals surface area contributed by atoms with Gasteiger partial charge in [0, 0.05) is 17.9 Å². The van der Waals surface area contributed by atoms with Gasteiger partial charge in [-0.25, -0.2) is 13.1 Å². The van der Waals surface area contributed by atoms with E-state index >= 15 is 0 Å². The predicted molar refractivity (Wildman–Crippen MR) is 75.1 cm³/mol. The zero-order valence-corrected chi connectivity index (χ0v) is 12.9. The van der Waals surface area contributed by atoms with Gasteiger partial charge in [0.05, 0.1) is 0 Å². The number of sulfonamides is 1. The number of nitrogens with zero attached hydrogens (tertiary/aromatic N) is 1. The summed E-state index contributed by atoms with van der Waals surface area (Å²) < 4.78 is 31.9. The van der Waals surface area contributed by atoms with E-state index in [1.165, 1.54) is 0 Å². The largest absolute Gasteiger partial charge is 0.362 e. The van der Waals surface area contributed by atoms with Gasteiger partial charge in [-0.15, -0.1) is 0 Å². The Kier molecular flexibility index (Phi) is 4.01. The smallest absolute Gasteiger partial charge is 0.245 e. The standard InChI is InChI=1S/C13H19N3O3S/c1-8-7-12(9(2)15-8)5-6-14-20(17,18)13-10(3)16-19-11(13)4/h7,14-15H,5-6H2,1-4H3. The lowest BCUT2D eigenvalue weighted by atomic mass is 10.2. The molecule has 0 bridgehead atoms. The zero-order valence-electron chi connectivity index (χ0n) is 12.1. The van der Waals surface area contributed by atoms with Crippen LogP contribution in [0.5, 0.6) is 0 Å². The van der Waals surface area contributed by atoms with E-state index in [1.54, 1.807) is 13.8 Å². The molecule has 0 aliphatic rings. The molecule has 0 spiro atoms. The number of hydrogen-bond donors (Lipinski definition) is 2. The summed E-state index contributed by atoms with van der Waals surface area (Å²) in [5.41, 5.74) is 3.64. The molecule has 0 fully saturated rings. The van der Waals surface area contributed by atoms with Gasteiger partial charge in [0.25, 0.3) is 0 Å². The van der Waals surface area contributed by atoms with Gasteiger partial charge < -0.3 is 9.51 Å². The Morgan fingerprint density at radius 2 is 2.00 bits per heavy atom. The lowest BCUT2D eigenvalue weighted by Gasteiger charge is -2.06. The monoisotopic (exact) mass is 297 g/mol. The van der Waals surface area contributed by atoms with E-state index in [-0.39, 0.29) is 4.90 Å². The van der Waals surface area contributed by atoms with Gasteiger partial charge in [-0.1, -0.05) is 5.16 Å². The first kappa shape index (κ1) is 14.8. The van der Waals surface area contributed by atoms with E-state index in [9.17, 15) is 8.42 Å². The van der Waals surface area contributed by atoms with Crippen molar-refractivity contribution < 1.29 is 12.9 Å². The fourth-order valence-electron chi connectivity index (χ4n) is 2.29. The van der Waals surface area contributed by atoms with Crippen LogP contribution < -0.4 is 4.72 Å². The quantitative estimate of drug-likeness (QED) is 0.880. The van der Waals surface area contributed by atoms with E-state index in [4.69, 9.17) is 4.52 Å². The van der Waals surface area contributed by atoms with Gasteiger partial charge >= 0.3 is 0 Å². The van der Waals surface area contributed by atoms with E-state index in [0.29, 0.717) is 24.4 Å².